The Bertz CT molecular complexity index is 2490. The smallest absolute Gasteiger partial charge is 0.297 e. The summed E-state index contributed by atoms with van der Waals surface area (Å²) in [5.74, 6) is -0.254. The Morgan fingerprint density at radius 2 is 1.59 bits per heavy atom. The third-order valence-electron chi connectivity index (χ3n) is 10.1. The van der Waals surface area contributed by atoms with Crippen molar-refractivity contribution in [2.75, 3.05) is 37.5 Å². The number of aromatic nitrogens is 3. The van der Waals surface area contributed by atoms with Crippen LogP contribution in [0, 0.1) is 0 Å². The van der Waals surface area contributed by atoms with Crippen LogP contribution in [0.2, 0.25) is 15.1 Å². The van der Waals surface area contributed by atoms with Crippen molar-refractivity contribution >= 4 is 88.2 Å². The third-order valence-corrected chi connectivity index (χ3v) is 16.0. The SMILES string of the molecule is COc1nc2c(OCc3c(Cl)ccc(N(C)C(=O)CNC(=O)/C=C/c4ccc(NC(C)=O)nc4)c3Cl)cccc2n1CCO[Si](c1ccccc1)(c1ccccc1)C(C)(C)C. The molecule has 15 heteroatoms. The van der Waals surface area contributed by atoms with Gasteiger partial charge in [0.15, 0.2) is 0 Å². The highest BCUT2D eigenvalue weighted by Crippen LogP contribution is 2.38. The largest absolute Gasteiger partial charge is 0.486 e. The average Bonchev–Trinajstić information content (AvgIpc) is 3.62. The summed E-state index contributed by atoms with van der Waals surface area (Å²) in [5, 5.41) is 7.95. The first-order valence-electron chi connectivity index (χ1n) is 19.6. The molecule has 4 aromatic carbocycles. The maximum absolute atomic E-state index is 13.2. The maximum atomic E-state index is 13.2. The number of para-hydroxylation sites is 1. The zero-order chi connectivity index (χ0) is 43.7. The molecule has 0 saturated heterocycles. The summed E-state index contributed by atoms with van der Waals surface area (Å²) in [6.07, 6.45) is 4.34. The fourth-order valence-corrected chi connectivity index (χ4v) is 12.3. The molecule has 3 amide bonds. The number of halogens is 2. The van der Waals surface area contributed by atoms with Gasteiger partial charge in [0.05, 0.1) is 36.5 Å². The minimum atomic E-state index is -2.78. The van der Waals surface area contributed by atoms with Gasteiger partial charge in [0.1, 0.15) is 23.7 Å². The number of methoxy groups -OCH3 is 1. The molecule has 316 valence electrons. The number of hydrogen-bond acceptors (Lipinski definition) is 8. The Balaban J connectivity index is 1.14. The van der Waals surface area contributed by atoms with Crippen molar-refractivity contribution in [1.82, 2.24) is 19.9 Å². The van der Waals surface area contributed by atoms with Crippen molar-refractivity contribution in [1.29, 1.82) is 0 Å². The molecule has 0 spiro atoms. The maximum Gasteiger partial charge on any atom is 0.297 e. The number of anilines is 2. The van der Waals surface area contributed by atoms with E-state index in [-0.39, 0.29) is 29.1 Å². The highest BCUT2D eigenvalue weighted by molar-refractivity contribution is 6.99. The summed E-state index contributed by atoms with van der Waals surface area (Å²) in [5.41, 5.74) is 2.87. The van der Waals surface area contributed by atoms with Gasteiger partial charge in [-0.3, -0.25) is 19.0 Å². The van der Waals surface area contributed by atoms with E-state index in [1.807, 2.05) is 34.9 Å². The summed E-state index contributed by atoms with van der Waals surface area (Å²) < 4.78 is 21.3. The second kappa shape index (κ2) is 19.6. The molecule has 0 bridgehead atoms. The second-order valence-electron chi connectivity index (χ2n) is 15.2. The Kier molecular flexibility index (Phi) is 14.3. The number of pyridine rings is 1. The monoisotopic (exact) mass is 878 g/mol. The molecule has 6 aromatic rings. The Morgan fingerprint density at radius 3 is 2.20 bits per heavy atom. The number of nitrogens with one attached hydrogen (secondary N) is 2. The Hall–Kier alpha value is -5.99. The van der Waals surface area contributed by atoms with Crippen LogP contribution in [-0.2, 0) is 32.0 Å². The molecule has 0 unspecified atom stereocenters. The fourth-order valence-electron chi connectivity index (χ4n) is 7.17. The van der Waals surface area contributed by atoms with Gasteiger partial charge in [-0.2, -0.15) is 4.98 Å². The van der Waals surface area contributed by atoms with E-state index in [1.165, 1.54) is 34.5 Å². The van der Waals surface area contributed by atoms with Gasteiger partial charge in [-0.25, -0.2) is 4.98 Å². The first-order valence-corrected chi connectivity index (χ1v) is 22.2. The van der Waals surface area contributed by atoms with Crippen molar-refractivity contribution < 1.29 is 28.3 Å². The zero-order valence-corrected chi connectivity index (χ0v) is 37.4. The first-order chi connectivity index (χ1) is 29.2. The summed E-state index contributed by atoms with van der Waals surface area (Å²) in [6, 6.07) is 33.7. The van der Waals surface area contributed by atoms with Gasteiger partial charge in [-0.15, -0.1) is 0 Å². The lowest BCUT2D eigenvalue weighted by Gasteiger charge is -2.43. The van der Waals surface area contributed by atoms with Crippen molar-refractivity contribution in [3.05, 3.63) is 137 Å². The van der Waals surface area contributed by atoms with Gasteiger partial charge in [-0.1, -0.05) is 111 Å². The molecule has 61 heavy (non-hydrogen) atoms. The summed E-state index contributed by atoms with van der Waals surface area (Å²) in [4.78, 5) is 47.2. The average molecular weight is 880 g/mol. The van der Waals surface area contributed by atoms with E-state index in [4.69, 9.17) is 42.1 Å². The van der Waals surface area contributed by atoms with Crippen LogP contribution in [0.4, 0.5) is 11.5 Å². The number of imidazole rings is 1. The first kappa shape index (κ1) is 44.6. The van der Waals surface area contributed by atoms with Gasteiger partial charge >= 0.3 is 0 Å². The van der Waals surface area contributed by atoms with Crippen LogP contribution < -0.4 is 35.4 Å². The molecule has 0 aliphatic heterocycles. The van der Waals surface area contributed by atoms with E-state index in [2.05, 4.69) is 84.9 Å². The highest BCUT2D eigenvalue weighted by Gasteiger charge is 2.50. The Labute approximate surface area is 366 Å². The van der Waals surface area contributed by atoms with Crippen molar-refractivity contribution in [3.8, 4) is 11.8 Å². The molecular formula is C46H48Cl2N6O6Si. The number of fused-ring (bicyclic) bond motifs is 1. The van der Waals surface area contributed by atoms with Crippen LogP contribution in [0.25, 0.3) is 17.1 Å². The molecule has 0 fully saturated rings. The number of ether oxygens (including phenoxy) is 2. The molecule has 12 nitrogen and oxygen atoms in total. The fraction of sp³-hybridized carbons (Fsp3) is 0.239. The van der Waals surface area contributed by atoms with E-state index < -0.39 is 20.1 Å². The van der Waals surface area contributed by atoms with Crippen LogP contribution >= 0.6 is 23.2 Å². The zero-order valence-electron chi connectivity index (χ0n) is 34.9. The third kappa shape index (κ3) is 10.1. The van der Waals surface area contributed by atoms with E-state index in [9.17, 15) is 14.4 Å². The minimum absolute atomic E-state index is 0.0268. The number of rotatable bonds is 16. The van der Waals surface area contributed by atoms with Crippen molar-refractivity contribution in [2.24, 2.45) is 0 Å². The molecule has 2 N–H and O–H groups in total. The van der Waals surface area contributed by atoms with Gasteiger partial charge in [0, 0.05) is 43.4 Å². The minimum Gasteiger partial charge on any atom is -0.486 e. The Morgan fingerprint density at radius 1 is 0.902 bits per heavy atom. The number of benzene rings is 4. The molecule has 0 atom stereocenters. The quantitative estimate of drug-likeness (QED) is 0.0748. The molecule has 2 aromatic heterocycles. The van der Waals surface area contributed by atoms with E-state index in [0.717, 1.165) is 5.52 Å². The highest BCUT2D eigenvalue weighted by atomic mass is 35.5. The number of nitrogens with zero attached hydrogens (tertiary/aromatic N) is 4. The number of hydrogen-bond donors (Lipinski definition) is 2. The van der Waals surface area contributed by atoms with Crippen LogP contribution in [-0.4, -0.2) is 67.9 Å². The van der Waals surface area contributed by atoms with Crippen molar-refractivity contribution in [3.63, 3.8) is 0 Å². The number of amides is 3. The van der Waals surface area contributed by atoms with Crippen LogP contribution in [0.1, 0.15) is 38.8 Å². The summed E-state index contributed by atoms with van der Waals surface area (Å²) in [7, 11) is 0.362. The molecule has 0 radical (unpaired) electrons. The number of carbonyl (C=O) groups excluding carboxylic acids is 3. The lowest BCUT2D eigenvalue weighted by Crippen LogP contribution is -2.66. The van der Waals surface area contributed by atoms with Gasteiger partial charge in [0.25, 0.3) is 14.3 Å². The lowest BCUT2D eigenvalue weighted by molar-refractivity contribution is -0.122. The van der Waals surface area contributed by atoms with Crippen LogP contribution in [0.5, 0.6) is 11.8 Å². The van der Waals surface area contributed by atoms with Gasteiger partial charge < -0.3 is 29.4 Å². The van der Waals surface area contributed by atoms with E-state index in [0.29, 0.717) is 58.1 Å². The number of carbonyl (C=O) groups is 3. The molecule has 0 aliphatic carbocycles. The molecular weight excluding hydrogens is 832 g/mol. The van der Waals surface area contributed by atoms with Crippen molar-refractivity contribution in [2.45, 2.75) is 45.9 Å². The van der Waals surface area contributed by atoms with Crippen LogP contribution in [0.15, 0.2) is 115 Å². The molecule has 0 saturated carbocycles. The lowest BCUT2D eigenvalue weighted by atomic mass is 10.2. The summed E-state index contributed by atoms with van der Waals surface area (Å²) >= 11 is 13.5. The predicted molar refractivity (Wildman–Crippen MR) is 245 cm³/mol. The van der Waals surface area contributed by atoms with Gasteiger partial charge in [-0.05, 0) is 63.4 Å². The predicted octanol–water partition coefficient (Wildman–Crippen LogP) is 7.65. The standard InChI is InChI=1S/C46H48Cl2N6O6Si/c1-31(55)51-40-24-20-32(28-49-40)21-25-41(56)50-29-42(57)53(5)37-23-22-36(47)35(43(37)48)30-59-39-19-13-18-38-44(39)52-45(58-6)54(38)26-27-60-61(46(2,3)4,33-14-9-7-10-15-33)34-16-11-8-12-17-34/h7-25,28H,26-27,29-30H2,1-6H3,(H,50,56)(H,49,51,55)/b25-21+. The van der Waals surface area contributed by atoms with Gasteiger partial charge in [0.2, 0.25) is 17.7 Å². The van der Waals surface area contributed by atoms with E-state index in [1.54, 1.807) is 44.5 Å². The topological polar surface area (TPSA) is 137 Å². The number of likely N-dealkylation sites (N-methyl/N-ethyl adjacent to an activating group) is 1. The summed E-state index contributed by atoms with van der Waals surface area (Å²) in [6.45, 7) is 8.69. The normalized spacial score (nSPS) is 11.7. The van der Waals surface area contributed by atoms with Crippen LogP contribution in [0.3, 0.4) is 0 Å². The molecule has 2 heterocycles. The van der Waals surface area contributed by atoms with E-state index >= 15 is 0 Å². The molecule has 0 aliphatic rings. The second-order valence-corrected chi connectivity index (χ2v) is 20.3. The molecule has 6 rings (SSSR count).